The van der Waals surface area contributed by atoms with E-state index < -0.39 is 5.41 Å². The van der Waals surface area contributed by atoms with Crippen LogP contribution in [0.4, 0.5) is 5.69 Å². The van der Waals surface area contributed by atoms with Gasteiger partial charge in [-0.1, -0.05) is 146 Å². The summed E-state index contributed by atoms with van der Waals surface area (Å²) in [5, 5.41) is 2.64. The predicted octanol–water partition coefficient (Wildman–Crippen LogP) is 14.7. The number of rotatable bonds is 4. The third kappa shape index (κ3) is 4.64. The smallest absolute Gasteiger partial charge is 0.178 e. The number of anilines is 1. The molecule has 0 radical (unpaired) electrons. The van der Waals surface area contributed by atoms with Crippen LogP contribution in [0, 0.1) is 0 Å². The van der Waals surface area contributed by atoms with Crippen LogP contribution in [0.2, 0.25) is 0 Å². The highest BCUT2D eigenvalue weighted by molar-refractivity contribution is 7.25. The van der Waals surface area contributed by atoms with Gasteiger partial charge in [0.25, 0.3) is 0 Å². The maximum absolute atomic E-state index is 7.16. The SMILES string of the molecule is C1=CCC(N(C2=CCCC=C2c2ccc3c(c2)Oc2c(ccc4c2-c2ccccc2C42c4ccccc4-c4ccccc42)O3)c2ccc3c(c2)sc2ccccc23)C=C1. The molecule has 1 aromatic heterocycles. The first-order valence-electron chi connectivity index (χ1n) is 20.7. The highest BCUT2D eigenvalue weighted by atomic mass is 32.1. The van der Waals surface area contributed by atoms with Gasteiger partial charge in [-0.25, -0.2) is 0 Å². The van der Waals surface area contributed by atoms with Crippen molar-refractivity contribution in [2.75, 3.05) is 4.90 Å². The lowest BCUT2D eigenvalue weighted by atomic mass is 9.70. The maximum atomic E-state index is 7.16. The summed E-state index contributed by atoms with van der Waals surface area (Å²) in [6, 6.07) is 53.5. The zero-order chi connectivity index (χ0) is 38.7. The van der Waals surface area contributed by atoms with Gasteiger partial charge in [0, 0.05) is 42.7 Å². The lowest BCUT2D eigenvalue weighted by Crippen LogP contribution is -2.34. The van der Waals surface area contributed by atoms with Crippen LogP contribution in [0.1, 0.15) is 47.1 Å². The van der Waals surface area contributed by atoms with Crippen molar-refractivity contribution in [3.8, 4) is 45.3 Å². The third-order valence-electron chi connectivity index (χ3n) is 13.1. The normalized spacial score (nSPS) is 17.3. The summed E-state index contributed by atoms with van der Waals surface area (Å²) in [6.07, 6.45) is 16.7. The number of nitrogens with zero attached hydrogens (tertiary/aromatic N) is 1. The van der Waals surface area contributed by atoms with E-state index in [9.17, 15) is 0 Å². The van der Waals surface area contributed by atoms with Crippen molar-refractivity contribution < 1.29 is 9.47 Å². The average Bonchev–Trinajstić information content (AvgIpc) is 3.93. The van der Waals surface area contributed by atoms with Gasteiger partial charge in [-0.05, 0) is 100 Å². The minimum atomic E-state index is -0.447. The standard InChI is InChI=1S/C55H37NO2S/c1-2-14-35(15-3-1)56(36-27-28-41-40-19-8-13-25-51(40)59-52(41)33-36)47-24-12-7-16-37(47)34-26-30-48-50(32-34)58-54-49(57-48)31-29-46-53(54)42-20-6-11-23-45(42)55(46)43-21-9-4-17-38(43)39-18-5-10-22-44(39)55/h1-6,8-11,13-14,16-33,35H,7,12,15H2. The van der Waals surface area contributed by atoms with Crippen LogP contribution >= 0.6 is 11.3 Å². The Bertz CT molecular complexity index is 3190. The molecule has 0 fully saturated rings. The second-order valence-electron chi connectivity index (χ2n) is 16.1. The van der Waals surface area contributed by atoms with Crippen molar-refractivity contribution in [3.63, 3.8) is 0 Å². The molecule has 0 amide bonds. The number of hydrogen-bond acceptors (Lipinski definition) is 4. The molecule has 4 aliphatic carbocycles. The zero-order valence-electron chi connectivity index (χ0n) is 32.2. The summed E-state index contributed by atoms with van der Waals surface area (Å²) in [5.74, 6) is 2.99. The van der Waals surface area contributed by atoms with E-state index in [1.54, 1.807) is 0 Å². The molecule has 0 saturated heterocycles. The number of ether oxygens (including phenoxy) is 2. The van der Waals surface area contributed by atoms with Gasteiger partial charge in [-0.15, -0.1) is 11.3 Å². The molecule has 0 saturated carbocycles. The fourth-order valence-corrected chi connectivity index (χ4v) is 11.8. The van der Waals surface area contributed by atoms with Gasteiger partial charge in [0.15, 0.2) is 23.0 Å². The predicted molar refractivity (Wildman–Crippen MR) is 243 cm³/mol. The summed E-state index contributed by atoms with van der Waals surface area (Å²) in [7, 11) is 0. The number of allylic oxidation sites excluding steroid dienone is 5. The molecule has 2 heterocycles. The largest absolute Gasteiger partial charge is 0.449 e. The van der Waals surface area contributed by atoms with Crippen molar-refractivity contribution in [2.45, 2.75) is 30.7 Å². The lowest BCUT2D eigenvalue weighted by Gasteiger charge is -2.37. The number of fused-ring (bicyclic) bond motifs is 16. The molecule has 4 heteroatoms. The number of thiophene rings is 1. The van der Waals surface area contributed by atoms with E-state index in [4.69, 9.17) is 9.47 Å². The first kappa shape index (κ1) is 33.1. The van der Waals surface area contributed by atoms with Gasteiger partial charge in [0.05, 0.1) is 11.5 Å². The highest BCUT2D eigenvalue weighted by Gasteiger charge is 2.53. The molecule has 13 rings (SSSR count). The summed E-state index contributed by atoms with van der Waals surface area (Å²) in [4.78, 5) is 2.56. The van der Waals surface area contributed by atoms with Gasteiger partial charge in [0.2, 0.25) is 0 Å². The average molecular weight is 776 g/mol. The van der Waals surface area contributed by atoms with Crippen LogP contribution < -0.4 is 14.4 Å². The van der Waals surface area contributed by atoms with Crippen LogP contribution in [0.5, 0.6) is 23.0 Å². The van der Waals surface area contributed by atoms with Crippen LogP contribution in [0.15, 0.2) is 188 Å². The summed E-state index contributed by atoms with van der Waals surface area (Å²) in [6.45, 7) is 0. The van der Waals surface area contributed by atoms with Gasteiger partial charge in [0.1, 0.15) is 0 Å². The summed E-state index contributed by atoms with van der Waals surface area (Å²) < 4.78 is 16.6. The van der Waals surface area contributed by atoms with Gasteiger partial charge in [-0.2, -0.15) is 0 Å². The minimum Gasteiger partial charge on any atom is -0.449 e. The Hall–Kier alpha value is -6.88. The Kier molecular flexibility index (Phi) is 7.05. The van der Waals surface area contributed by atoms with Gasteiger partial charge in [-0.3, -0.25) is 0 Å². The van der Waals surface area contributed by atoms with Crippen molar-refractivity contribution in [3.05, 3.63) is 216 Å². The fraction of sp³-hybridized carbons (Fsp3) is 0.0909. The van der Waals surface area contributed by atoms with Crippen molar-refractivity contribution in [2.24, 2.45) is 0 Å². The topological polar surface area (TPSA) is 21.7 Å². The second kappa shape index (κ2) is 12.6. The van der Waals surface area contributed by atoms with E-state index >= 15 is 0 Å². The lowest BCUT2D eigenvalue weighted by molar-refractivity contribution is 0.360. The highest BCUT2D eigenvalue weighted by Crippen LogP contribution is 2.66. The zero-order valence-corrected chi connectivity index (χ0v) is 33.0. The molecule has 280 valence electrons. The molecular weight excluding hydrogens is 739 g/mol. The van der Waals surface area contributed by atoms with Crippen molar-refractivity contribution >= 4 is 42.8 Å². The van der Waals surface area contributed by atoms with E-state index in [2.05, 4.69) is 187 Å². The Morgan fingerprint density at radius 2 is 1.27 bits per heavy atom. The van der Waals surface area contributed by atoms with E-state index in [-0.39, 0.29) is 6.04 Å². The van der Waals surface area contributed by atoms with E-state index in [1.807, 2.05) is 11.3 Å². The molecule has 0 bridgehead atoms. The number of benzene rings is 7. The van der Waals surface area contributed by atoms with E-state index in [1.165, 1.54) is 76.1 Å². The molecule has 5 aliphatic rings. The number of hydrogen-bond donors (Lipinski definition) is 0. The summed E-state index contributed by atoms with van der Waals surface area (Å²) >= 11 is 1.87. The van der Waals surface area contributed by atoms with E-state index in [0.29, 0.717) is 0 Å². The van der Waals surface area contributed by atoms with Crippen LogP contribution in [0.3, 0.4) is 0 Å². The molecule has 1 spiro atoms. The molecule has 0 N–H and O–H groups in total. The quantitative estimate of drug-likeness (QED) is 0.178. The molecule has 1 aliphatic heterocycles. The van der Waals surface area contributed by atoms with Crippen molar-refractivity contribution in [1.29, 1.82) is 0 Å². The molecule has 1 atom stereocenters. The van der Waals surface area contributed by atoms with Crippen LogP contribution in [-0.4, -0.2) is 6.04 Å². The molecular formula is C55H37NO2S. The first-order valence-corrected chi connectivity index (χ1v) is 21.5. The van der Waals surface area contributed by atoms with Gasteiger partial charge < -0.3 is 14.4 Å². The van der Waals surface area contributed by atoms with E-state index in [0.717, 1.165) is 53.4 Å². The fourth-order valence-electron chi connectivity index (χ4n) is 10.7. The van der Waals surface area contributed by atoms with Crippen LogP contribution in [-0.2, 0) is 5.41 Å². The second-order valence-corrected chi connectivity index (χ2v) is 17.2. The summed E-state index contributed by atoms with van der Waals surface area (Å²) in [5.41, 5.74) is 14.4. The molecule has 8 aromatic rings. The Balaban J connectivity index is 0.925. The molecule has 59 heavy (non-hydrogen) atoms. The van der Waals surface area contributed by atoms with Crippen molar-refractivity contribution in [1.82, 2.24) is 0 Å². The van der Waals surface area contributed by atoms with Gasteiger partial charge >= 0.3 is 0 Å². The minimum absolute atomic E-state index is 0.185. The molecule has 7 aromatic carbocycles. The Morgan fingerprint density at radius 3 is 2.08 bits per heavy atom. The molecule has 1 unspecified atom stereocenters. The third-order valence-corrected chi connectivity index (χ3v) is 14.2. The maximum Gasteiger partial charge on any atom is 0.178 e. The Labute approximate surface area is 347 Å². The first-order chi connectivity index (χ1) is 29.3. The monoisotopic (exact) mass is 775 g/mol. The Morgan fingerprint density at radius 1 is 0.559 bits per heavy atom. The van der Waals surface area contributed by atoms with Crippen LogP contribution in [0.25, 0.3) is 48.0 Å². The molecule has 3 nitrogen and oxygen atoms in total.